The fraction of sp³-hybridized carbons (Fsp3) is 0.667. The van der Waals surface area contributed by atoms with Crippen molar-refractivity contribution in [3.8, 4) is 5.75 Å². The minimum Gasteiger partial charge on any atom is -0.494 e. The number of benzene rings is 1. The standard InChI is InChI=1S/C18H30O2S/c1-15(7-6-13-18(2,3)19-4)12-14-20-16-8-10-17(21-5)11-9-16/h8-11,15H,6-7,12-14H2,1-5H3. The molecule has 0 amide bonds. The summed E-state index contributed by atoms with van der Waals surface area (Å²) < 4.78 is 11.3. The number of ether oxygens (including phenoxy) is 2. The smallest absolute Gasteiger partial charge is 0.119 e. The van der Waals surface area contributed by atoms with Crippen molar-refractivity contribution < 1.29 is 9.47 Å². The minimum absolute atomic E-state index is 0.00918. The highest BCUT2D eigenvalue weighted by Gasteiger charge is 2.16. The molecule has 2 nitrogen and oxygen atoms in total. The van der Waals surface area contributed by atoms with E-state index in [2.05, 4.69) is 51.3 Å². The lowest BCUT2D eigenvalue weighted by atomic mass is 9.95. The number of hydrogen-bond donors (Lipinski definition) is 0. The largest absolute Gasteiger partial charge is 0.494 e. The fourth-order valence-corrected chi connectivity index (χ4v) is 2.58. The van der Waals surface area contributed by atoms with Crippen molar-refractivity contribution >= 4 is 11.8 Å². The highest BCUT2D eigenvalue weighted by molar-refractivity contribution is 7.98. The summed E-state index contributed by atoms with van der Waals surface area (Å²) in [7, 11) is 1.79. The van der Waals surface area contributed by atoms with Gasteiger partial charge in [-0.2, -0.15) is 0 Å². The van der Waals surface area contributed by atoms with Crippen LogP contribution in [0.1, 0.15) is 46.5 Å². The van der Waals surface area contributed by atoms with E-state index >= 15 is 0 Å². The number of thioether (sulfide) groups is 1. The van der Waals surface area contributed by atoms with Crippen molar-refractivity contribution in [2.75, 3.05) is 20.0 Å². The van der Waals surface area contributed by atoms with Crippen LogP contribution in [0.5, 0.6) is 5.75 Å². The Morgan fingerprint density at radius 2 is 1.81 bits per heavy atom. The van der Waals surface area contributed by atoms with E-state index in [-0.39, 0.29) is 5.60 Å². The van der Waals surface area contributed by atoms with Gasteiger partial charge in [0.1, 0.15) is 5.75 Å². The summed E-state index contributed by atoms with van der Waals surface area (Å²) in [5, 5.41) is 0. The summed E-state index contributed by atoms with van der Waals surface area (Å²) in [4.78, 5) is 1.27. The SMILES string of the molecule is COC(C)(C)CCCC(C)CCOc1ccc(SC)cc1. The summed E-state index contributed by atoms with van der Waals surface area (Å²) >= 11 is 1.75. The lowest BCUT2D eigenvalue weighted by Gasteiger charge is -2.23. The molecule has 1 aromatic rings. The Labute approximate surface area is 134 Å². The molecule has 0 heterocycles. The highest BCUT2D eigenvalue weighted by atomic mass is 32.2. The van der Waals surface area contributed by atoms with Crippen molar-refractivity contribution in [1.82, 2.24) is 0 Å². The van der Waals surface area contributed by atoms with Crippen molar-refractivity contribution in [3.63, 3.8) is 0 Å². The second kappa shape index (κ2) is 9.37. The average Bonchev–Trinajstić information content (AvgIpc) is 2.48. The molecule has 0 aromatic heterocycles. The molecule has 0 radical (unpaired) electrons. The van der Waals surface area contributed by atoms with E-state index in [0.29, 0.717) is 5.92 Å². The molecule has 0 aliphatic rings. The first kappa shape index (κ1) is 18.4. The van der Waals surface area contributed by atoms with Gasteiger partial charge in [0.2, 0.25) is 0 Å². The number of methoxy groups -OCH3 is 1. The molecule has 0 fully saturated rings. The van der Waals surface area contributed by atoms with Gasteiger partial charge in [-0.3, -0.25) is 0 Å². The van der Waals surface area contributed by atoms with E-state index < -0.39 is 0 Å². The maximum atomic E-state index is 5.81. The molecule has 120 valence electrons. The monoisotopic (exact) mass is 310 g/mol. The van der Waals surface area contributed by atoms with Gasteiger partial charge in [0.15, 0.2) is 0 Å². The first-order valence-electron chi connectivity index (χ1n) is 7.79. The topological polar surface area (TPSA) is 18.5 Å². The summed E-state index contributed by atoms with van der Waals surface area (Å²) in [6.45, 7) is 7.41. The van der Waals surface area contributed by atoms with E-state index in [1.54, 1.807) is 18.9 Å². The van der Waals surface area contributed by atoms with Crippen LogP contribution in [0.4, 0.5) is 0 Å². The molecule has 21 heavy (non-hydrogen) atoms. The van der Waals surface area contributed by atoms with E-state index in [0.717, 1.165) is 25.2 Å². The lowest BCUT2D eigenvalue weighted by Crippen LogP contribution is -2.22. The molecule has 1 rings (SSSR count). The zero-order valence-electron chi connectivity index (χ0n) is 14.1. The van der Waals surface area contributed by atoms with Gasteiger partial charge in [0.25, 0.3) is 0 Å². The molecular weight excluding hydrogens is 280 g/mol. The third-order valence-corrected chi connectivity index (χ3v) is 4.71. The molecule has 0 aliphatic carbocycles. The van der Waals surface area contributed by atoms with E-state index in [1.165, 1.54) is 17.7 Å². The highest BCUT2D eigenvalue weighted by Crippen LogP contribution is 2.22. The van der Waals surface area contributed by atoms with Gasteiger partial charge in [0, 0.05) is 12.0 Å². The van der Waals surface area contributed by atoms with Crippen LogP contribution in [-0.4, -0.2) is 25.6 Å². The van der Waals surface area contributed by atoms with Gasteiger partial charge in [-0.1, -0.05) is 19.8 Å². The van der Waals surface area contributed by atoms with Gasteiger partial charge >= 0.3 is 0 Å². The van der Waals surface area contributed by atoms with Crippen LogP contribution in [0.2, 0.25) is 0 Å². The van der Waals surface area contributed by atoms with E-state index in [9.17, 15) is 0 Å². The molecule has 0 N–H and O–H groups in total. The summed E-state index contributed by atoms with van der Waals surface area (Å²) in [5.74, 6) is 1.67. The second-order valence-corrected chi connectivity index (χ2v) is 7.15. The van der Waals surface area contributed by atoms with Crippen LogP contribution in [-0.2, 0) is 4.74 Å². The predicted molar refractivity (Wildman–Crippen MR) is 92.4 cm³/mol. The molecule has 1 atom stereocenters. The predicted octanol–water partition coefficient (Wildman–Crippen LogP) is 5.41. The second-order valence-electron chi connectivity index (χ2n) is 6.27. The Morgan fingerprint density at radius 1 is 1.14 bits per heavy atom. The molecule has 1 aromatic carbocycles. The zero-order chi connectivity index (χ0) is 15.7. The maximum Gasteiger partial charge on any atom is 0.119 e. The van der Waals surface area contributed by atoms with Gasteiger partial charge < -0.3 is 9.47 Å². The Balaban J connectivity index is 2.16. The molecule has 0 saturated carbocycles. The molecule has 0 aliphatic heterocycles. The van der Waals surface area contributed by atoms with Crippen molar-refractivity contribution in [2.24, 2.45) is 5.92 Å². The fourth-order valence-electron chi connectivity index (χ4n) is 2.17. The third kappa shape index (κ3) is 7.77. The van der Waals surface area contributed by atoms with Crippen molar-refractivity contribution in [3.05, 3.63) is 24.3 Å². The third-order valence-electron chi connectivity index (χ3n) is 3.97. The number of hydrogen-bond acceptors (Lipinski definition) is 3. The van der Waals surface area contributed by atoms with Crippen molar-refractivity contribution in [2.45, 2.75) is 57.0 Å². The first-order chi connectivity index (χ1) is 9.96. The minimum atomic E-state index is 0.00918. The van der Waals surface area contributed by atoms with Gasteiger partial charge in [-0.15, -0.1) is 11.8 Å². The Morgan fingerprint density at radius 3 is 2.38 bits per heavy atom. The van der Waals surface area contributed by atoms with Crippen LogP contribution in [0, 0.1) is 5.92 Å². The molecule has 1 unspecified atom stereocenters. The van der Waals surface area contributed by atoms with Gasteiger partial charge in [-0.05, 0) is 63.1 Å². The Bertz CT molecular complexity index is 387. The molecule has 0 spiro atoms. The normalized spacial score (nSPS) is 13.2. The Hall–Kier alpha value is -0.670. The first-order valence-corrected chi connectivity index (χ1v) is 9.01. The lowest BCUT2D eigenvalue weighted by molar-refractivity contribution is 0.0126. The average molecular weight is 311 g/mol. The quantitative estimate of drug-likeness (QED) is 0.538. The van der Waals surface area contributed by atoms with Crippen molar-refractivity contribution in [1.29, 1.82) is 0 Å². The van der Waals surface area contributed by atoms with Crippen LogP contribution < -0.4 is 4.74 Å². The molecule has 3 heteroatoms. The zero-order valence-corrected chi connectivity index (χ0v) is 15.0. The maximum absolute atomic E-state index is 5.81. The van der Waals surface area contributed by atoms with Gasteiger partial charge in [0.05, 0.1) is 12.2 Å². The van der Waals surface area contributed by atoms with Gasteiger partial charge in [-0.25, -0.2) is 0 Å². The van der Waals surface area contributed by atoms with E-state index in [1.807, 2.05) is 0 Å². The van der Waals surface area contributed by atoms with Crippen LogP contribution in [0.3, 0.4) is 0 Å². The molecule has 0 bridgehead atoms. The molecule has 0 saturated heterocycles. The van der Waals surface area contributed by atoms with Crippen LogP contribution >= 0.6 is 11.8 Å². The Kier molecular flexibility index (Phi) is 8.20. The molecular formula is C18H30O2S. The number of rotatable bonds is 10. The van der Waals surface area contributed by atoms with Crippen LogP contribution in [0.25, 0.3) is 0 Å². The summed E-state index contributed by atoms with van der Waals surface area (Å²) in [6, 6.07) is 8.32. The summed E-state index contributed by atoms with van der Waals surface area (Å²) in [6.07, 6.45) is 6.76. The van der Waals surface area contributed by atoms with Crippen LogP contribution in [0.15, 0.2) is 29.2 Å². The summed E-state index contributed by atoms with van der Waals surface area (Å²) in [5.41, 5.74) is 0.00918. The van der Waals surface area contributed by atoms with E-state index in [4.69, 9.17) is 9.47 Å².